The number of rotatable bonds is 5. The van der Waals surface area contributed by atoms with Crippen LogP contribution in [0, 0.1) is 5.82 Å². The molecule has 0 unspecified atom stereocenters. The predicted molar refractivity (Wildman–Crippen MR) is 121 cm³/mol. The molecule has 2 heterocycles. The number of anilines is 2. The van der Waals surface area contributed by atoms with Gasteiger partial charge in [0.25, 0.3) is 5.91 Å². The number of aryl methyl sites for hydroxylation is 1. The maximum absolute atomic E-state index is 13.5. The Labute approximate surface area is 200 Å². The highest BCUT2D eigenvalue weighted by molar-refractivity contribution is 6.39. The number of fused-ring (bicyclic) bond motifs is 1. The lowest BCUT2D eigenvalue weighted by atomic mass is 10.1. The van der Waals surface area contributed by atoms with Gasteiger partial charge in [0.05, 0.1) is 44.6 Å². The molecule has 0 bridgehead atoms. The van der Waals surface area contributed by atoms with Crippen molar-refractivity contribution in [1.82, 2.24) is 19.9 Å². The standard InChI is InChI=1S/C22H15Cl2F4N5O/c1-33-18-5-4-11(20(34)30-10-17-13(22(26,27)28)3-2-6-29-17)7-16(18)31-21(33)32-19-14(23)8-12(25)9-15(19)24/h2-9H,10H2,1H3,(H,30,34)(H,31,32). The van der Waals surface area contributed by atoms with Crippen molar-refractivity contribution >= 4 is 51.8 Å². The zero-order chi connectivity index (χ0) is 24.6. The molecule has 1 amide bonds. The molecule has 0 aliphatic heterocycles. The van der Waals surface area contributed by atoms with Gasteiger partial charge in [-0.15, -0.1) is 0 Å². The molecule has 2 aromatic heterocycles. The minimum Gasteiger partial charge on any atom is -0.346 e. The van der Waals surface area contributed by atoms with Crippen LogP contribution in [0.4, 0.5) is 29.2 Å². The summed E-state index contributed by atoms with van der Waals surface area (Å²) in [4.78, 5) is 20.7. The Kier molecular flexibility index (Phi) is 6.37. The molecular weight excluding hydrogens is 497 g/mol. The lowest BCUT2D eigenvalue weighted by Crippen LogP contribution is -2.25. The van der Waals surface area contributed by atoms with Crippen molar-refractivity contribution in [2.75, 3.05) is 5.32 Å². The van der Waals surface area contributed by atoms with E-state index in [0.29, 0.717) is 17.0 Å². The summed E-state index contributed by atoms with van der Waals surface area (Å²) in [6.07, 6.45) is -3.36. The number of nitrogens with zero attached hydrogens (tertiary/aromatic N) is 3. The number of pyridine rings is 1. The average molecular weight is 512 g/mol. The number of carbonyl (C=O) groups excluding carboxylic acids is 1. The molecule has 6 nitrogen and oxygen atoms in total. The van der Waals surface area contributed by atoms with E-state index < -0.39 is 30.0 Å². The molecule has 0 aliphatic rings. The van der Waals surface area contributed by atoms with Crippen LogP contribution in [0.3, 0.4) is 0 Å². The Morgan fingerprint density at radius 1 is 1.12 bits per heavy atom. The smallest absolute Gasteiger partial charge is 0.346 e. The van der Waals surface area contributed by atoms with Gasteiger partial charge in [0.1, 0.15) is 5.82 Å². The van der Waals surface area contributed by atoms with Crippen molar-refractivity contribution in [3.8, 4) is 0 Å². The summed E-state index contributed by atoms with van der Waals surface area (Å²) < 4.78 is 54.5. The quantitative estimate of drug-likeness (QED) is 0.317. The lowest BCUT2D eigenvalue weighted by molar-refractivity contribution is -0.138. The third kappa shape index (κ3) is 4.78. The van der Waals surface area contributed by atoms with Gasteiger partial charge in [-0.05, 0) is 42.5 Å². The molecule has 0 atom stereocenters. The van der Waals surface area contributed by atoms with Gasteiger partial charge in [-0.3, -0.25) is 9.78 Å². The highest BCUT2D eigenvalue weighted by Gasteiger charge is 2.33. The van der Waals surface area contributed by atoms with E-state index in [4.69, 9.17) is 23.2 Å². The number of imidazole rings is 1. The van der Waals surface area contributed by atoms with E-state index >= 15 is 0 Å². The van der Waals surface area contributed by atoms with Crippen LogP contribution in [0.25, 0.3) is 11.0 Å². The van der Waals surface area contributed by atoms with Crippen molar-refractivity contribution in [2.24, 2.45) is 7.05 Å². The van der Waals surface area contributed by atoms with E-state index in [-0.39, 0.29) is 27.0 Å². The van der Waals surface area contributed by atoms with Crippen LogP contribution in [0.15, 0.2) is 48.7 Å². The SMILES string of the molecule is Cn1c(Nc2c(Cl)cc(F)cc2Cl)nc2cc(C(=O)NCc3ncccc3C(F)(F)F)ccc21. The number of nitrogens with one attached hydrogen (secondary N) is 2. The number of halogens is 6. The summed E-state index contributed by atoms with van der Waals surface area (Å²) in [5.41, 5.74) is 0.334. The van der Waals surface area contributed by atoms with Gasteiger partial charge in [-0.1, -0.05) is 23.2 Å². The topological polar surface area (TPSA) is 71.8 Å². The minimum absolute atomic E-state index is 0.0601. The van der Waals surface area contributed by atoms with Crippen LogP contribution in [0.5, 0.6) is 0 Å². The van der Waals surface area contributed by atoms with Crippen LogP contribution in [-0.2, 0) is 19.8 Å². The van der Waals surface area contributed by atoms with E-state index in [0.717, 1.165) is 18.2 Å². The second kappa shape index (κ2) is 9.11. The monoisotopic (exact) mass is 511 g/mol. The number of aromatic nitrogens is 3. The Morgan fingerprint density at radius 3 is 2.50 bits per heavy atom. The number of carbonyl (C=O) groups is 1. The van der Waals surface area contributed by atoms with Gasteiger partial charge in [-0.25, -0.2) is 9.37 Å². The van der Waals surface area contributed by atoms with Gasteiger partial charge in [0.2, 0.25) is 5.95 Å². The summed E-state index contributed by atoms with van der Waals surface area (Å²) in [6.45, 7) is -0.400. The number of alkyl halides is 3. The summed E-state index contributed by atoms with van der Waals surface area (Å²) in [5.74, 6) is -0.856. The molecule has 4 rings (SSSR count). The molecule has 12 heteroatoms. The Balaban J connectivity index is 1.56. The van der Waals surface area contributed by atoms with Crippen molar-refractivity contribution in [3.05, 3.63) is 81.3 Å². The van der Waals surface area contributed by atoms with Gasteiger partial charge < -0.3 is 15.2 Å². The highest BCUT2D eigenvalue weighted by Crippen LogP contribution is 2.34. The fourth-order valence-corrected chi connectivity index (χ4v) is 3.88. The predicted octanol–water partition coefficient (Wildman–Crippen LogP) is 6.11. The van der Waals surface area contributed by atoms with Crippen LogP contribution in [0.1, 0.15) is 21.6 Å². The molecule has 2 aromatic carbocycles. The Hall–Kier alpha value is -3.37. The first kappa shape index (κ1) is 23.8. The number of hydrogen-bond donors (Lipinski definition) is 2. The van der Waals surface area contributed by atoms with Crippen molar-refractivity contribution < 1.29 is 22.4 Å². The first-order chi connectivity index (χ1) is 16.0. The Bertz CT molecular complexity index is 1380. The summed E-state index contributed by atoms with van der Waals surface area (Å²) >= 11 is 12.1. The first-order valence-corrected chi connectivity index (χ1v) is 10.5. The third-order valence-corrected chi connectivity index (χ3v) is 5.59. The molecule has 0 radical (unpaired) electrons. The van der Waals surface area contributed by atoms with Crippen molar-refractivity contribution in [1.29, 1.82) is 0 Å². The zero-order valence-electron chi connectivity index (χ0n) is 17.3. The van der Waals surface area contributed by atoms with E-state index in [2.05, 4.69) is 20.6 Å². The molecule has 176 valence electrons. The van der Waals surface area contributed by atoms with Crippen LogP contribution in [0.2, 0.25) is 10.0 Å². The summed E-state index contributed by atoms with van der Waals surface area (Å²) in [6, 6.07) is 8.94. The molecule has 0 saturated carbocycles. The molecule has 0 saturated heterocycles. The lowest BCUT2D eigenvalue weighted by Gasteiger charge is -2.12. The minimum atomic E-state index is -4.58. The Morgan fingerprint density at radius 2 is 1.82 bits per heavy atom. The third-order valence-electron chi connectivity index (χ3n) is 5.00. The van der Waals surface area contributed by atoms with Crippen LogP contribution >= 0.6 is 23.2 Å². The molecule has 0 spiro atoms. The maximum Gasteiger partial charge on any atom is 0.418 e. The van der Waals surface area contributed by atoms with Gasteiger partial charge >= 0.3 is 6.18 Å². The fourth-order valence-electron chi connectivity index (χ4n) is 3.33. The largest absolute Gasteiger partial charge is 0.418 e. The maximum atomic E-state index is 13.5. The van der Waals surface area contributed by atoms with E-state index in [1.54, 1.807) is 17.7 Å². The molecule has 4 aromatic rings. The van der Waals surface area contributed by atoms with E-state index in [1.807, 2.05) is 0 Å². The number of hydrogen-bond acceptors (Lipinski definition) is 4. The molecular formula is C22H15Cl2F4N5O. The summed E-state index contributed by atoms with van der Waals surface area (Å²) in [7, 11) is 1.71. The zero-order valence-corrected chi connectivity index (χ0v) is 18.9. The van der Waals surface area contributed by atoms with Crippen LogP contribution in [-0.4, -0.2) is 20.4 Å². The van der Waals surface area contributed by atoms with Gasteiger partial charge in [0.15, 0.2) is 0 Å². The van der Waals surface area contributed by atoms with Crippen molar-refractivity contribution in [2.45, 2.75) is 12.7 Å². The van der Waals surface area contributed by atoms with E-state index in [9.17, 15) is 22.4 Å². The van der Waals surface area contributed by atoms with Gasteiger partial charge in [0, 0.05) is 18.8 Å². The molecule has 2 N–H and O–H groups in total. The molecule has 0 fully saturated rings. The summed E-state index contributed by atoms with van der Waals surface area (Å²) in [5, 5.41) is 5.52. The number of benzene rings is 2. The van der Waals surface area contributed by atoms with E-state index in [1.165, 1.54) is 24.4 Å². The molecule has 0 aliphatic carbocycles. The normalized spacial score (nSPS) is 11.6. The first-order valence-electron chi connectivity index (χ1n) is 9.72. The van der Waals surface area contributed by atoms with Gasteiger partial charge in [-0.2, -0.15) is 13.2 Å². The highest BCUT2D eigenvalue weighted by atomic mass is 35.5. The average Bonchev–Trinajstić information content (AvgIpc) is 3.08. The second-order valence-corrected chi connectivity index (χ2v) is 8.06. The molecule has 34 heavy (non-hydrogen) atoms. The number of amides is 1. The second-order valence-electron chi connectivity index (χ2n) is 7.25. The van der Waals surface area contributed by atoms with Crippen molar-refractivity contribution in [3.63, 3.8) is 0 Å². The van der Waals surface area contributed by atoms with Crippen LogP contribution < -0.4 is 10.6 Å². The fraction of sp³-hybridized carbons (Fsp3) is 0.136.